The Balaban J connectivity index is 2.70. The highest BCUT2D eigenvalue weighted by Crippen LogP contribution is 2.05. The lowest BCUT2D eigenvalue weighted by atomic mass is 10.1. The van der Waals surface area contributed by atoms with Crippen molar-refractivity contribution >= 4 is 5.78 Å². The van der Waals surface area contributed by atoms with E-state index in [0.717, 1.165) is 0 Å². The largest absolute Gasteiger partial charge is 0.472 e. The van der Waals surface area contributed by atoms with E-state index in [1.54, 1.807) is 13.0 Å². The maximum Gasteiger partial charge on any atom is 0.194 e. The molecule has 0 amide bonds. The highest BCUT2D eigenvalue weighted by molar-refractivity contribution is 5.98. The van der Waals surface area contributed by atoms with E-state index in [9.17, 15) is 4.79 Å². The number of ketones is 1. The molecule has 3 heteroatoms. The number of Topliss-reactive ketones (excluding diaryl/α,β-unsaturated/α-hetero) is 1. The first-order valence-electron chi connectivity index (χ1n) is 3.35. The second-order valence-electron chi connectivity index (χ2n) is 2.25. The third kappa shape index (κ3) is 1.68. The Labute approximate surface area is 65.0 Å². The lowest BCUT2D eigenvalue weighted by Gasteiger charge is -2.04. The summed E-state index contributed by atoms with van der Waals surface area (Å²) in [6.07, 6.45) is 2.49. The van der Waals surface area contributed by atoms with Crippen molar-refractivity contribution < 1.29 is 13.9 Å². The number of methoxy groups -OCH3 is 1. The zero-order valence-electron chi connectivity index (χ0n) is 6.53. The van der Waals surface area contributed by atoms with Gasteiger partial charge < -0.3 is 9.15 Å². The Morgan fingerprint density at radius 3 is 2.91 bits per heavy atom. The predicted octanol–water partition coefficient (Wildman–Crippen LogP) is 1.50. The van der Waals surface area contributed by atoms with E-state index in [1.807, 2.05) is 0 Å². The number of furan rings is 1. The Bertz CT molecular complexity index is 225. The molecule has 1 aromatic rings. The summed E-state index contributed by atoms with van der Waals surface area (Å²) in [5.41, 5.74) is 0.555. The van der Waals surface area contributed by atoms with Gasteiger partial charge in [0.2, 0.25) is 0 Å². The van der Waals surface area contributed by atoms with Crippen molar-refractivity contribution in [3.05, 3.63) is 24.2 Å². The second kappa shape index (κ2) is 3.34. The molecule has 0 aromatic carbocycles. The number of hydrogen-bond acceptors (Lipinski definition) is 3. The first kappa shape index (κ1) is 8.01. The summed E-state index contributed by atoms with van der Waals surface area (Å²) in [6.45, 7) is 1.70. The molecule has 1 aromatic heterocycles. The molecule has 0 spiro atoms. The van der Waals surface area contributed by atoms with Crippen molar-refractivity contribution in [1.82, 2.24) is 0 Å². The predicted molar refractivity (Wildman–Crippen MR) is 39.5 cm³/mol. The quantitative estimate of drug-likeness (QED) is 0.619. The number of rotatable bonds is 3. The summed E-state index contributed by atoms with van der Waals surface area (Å²) in [7, 11) is 1.50. The number of hydrogen-bond donors (Lipinski definition) is 0. The van der Waals surface area contributed by atoms with Crippen LogP contribution in [0.2, 0.25) is 0 Å². The van der Waals surface area contributed by atoms with Crippen molar-refractivity contribution in [3.8, 4) is 0 Å². The molecule has 0 bridgehead atoms. The molecule has 0 saturated heterocycles. The number of carbonyl (C=O) groups is 1. The lowest BCUT2D eigenvalue weighted by molar-refractivity contribution is 0.0655. The zero-order chi connectivity index (χ0) is 8.27. The molecule has 60 valence electrons. The summed E-state index contributed by atoms with van der Waals surface area (Å²) in [5, 5.41) is 0. The molecule has 0 fully saturated rings. The van der Waals surface area contributed by atoms with Crippen LogP contribution in [-0.2, 0) is 4.74 Å². The van der Waals surface area contributed by atoms with E-state index < -0.39 is 6.10 Å². The van der Waals surface area contributed by atoms with Crippen LogP contribution in [0.3, 0.4) is 0 Å². The van der Waals surface area contributed by atoms with Crippen LogP contribution in [0.25, 0.3) is 0 Å². The molecule has 0 aliphatic rings. The highest BCUT2D eigenvalue weighted by atomic mass is 16.5. The molecule has 0 saturated carbocycles. The minimum absolute atomic E-state index is 0.0544. The Hall–Kier alpha value is -1.09. The minimum Gasteiger partial charge on any atom is -0.472 e. The van der Waals surface area contributed by atoms with Crippen LogP contribution in [0.4, 0.5) is 0 Å². The molecule has 1 rings (SSSR count). The fourth-order valence-corrected chi connectivity index (χ4v) is 0.746. The average Bonchev–Trinajstić information content (AvgIpc) is 2.53. The van der Waals surface area contributed by atoms with Crippen LogP contribution in [0, 0.1) is 0 Å². The van der Waals surface area contributed by atoms with Crippen molar-refractivity contribution in [2.45, 2.75) is 13.0 Å². The van der Waals surface area contributed by atoms with E-state index in [0.29, 0.717) is 5.56 Å². The van der Waals surface area contributed by atoms with E-state index in [4.69, 9.17) is 9.15 Å². The molecule has 1 unspecified atom stereocenters. The van der Waals surface area contributed by atoms with Crippen LogP contribution in [-0.4, -0.2) is 19.0 Å². The van der Waals surface area contributed by atoms with Gasteiger partial charge in [-0.2, -0.15) is 0 Å². The van der Waals surface area contributed by atoms with Crippen LogP contribution in [0.15, 0.2) is 23.0 Å². The minimum atomic E-state index is -0.396. The summed E-state index contributed by atoms with van der Waals surface area (Å²) in [5.74, 6) is -0.0544. The third-order valence-electron chi connectivity index (χ3n) is 1.53. The first-order chi connectivity index (χ1) is 5.25. The van der Waals surface area contributed by atoms with E-state index in [1.165, 1.54) is 19.6 Å². The Morgan fingerprint density at radius 1 is 1.73 bits per heavy atom. The smallest absolute Gasteiger partial charge is 0.194 e. The van der Waals surface area contributed by atoms with Gasteiger partial charge in [-0.1, -0.05) is 0 Å². The van der Waals surface area contributed by atoms with Crippen LogP contribution in [0.5, 0.6) is 0 Å². The molecule has 0 aliphatic carbocycles. The van der Waals surface area contributed by atoms with Crippen molar-refractivity contribution in [3.63, 3.8) is 0 Å². The number of carbonyl (C=O) groups excluding carboxylic acids is 1. The van der Waals surface area contributed by atoms with Gasteiger partial charge in [-0.05, 0) is 13.0 Å². The van der Waals surface area contributed by atoms with E-state index in [2.05, 4.69) is 0 Å². The van der Waals surface area contributed by atoms with Gasteiger partial charge >= 0.3 is 0 Å². The fourth-order valence-electron chi connectivity index (χ4n) is 0.746. The van der Waals surface area contributed by atoms with Crippen LogP contribution in [0.1, 0.15) is 17.3 Å². The topological polar surface area (TPSA) is 39.4 Å². The normalized spacial score (nSPS) is 12.9. The van der Waals surface area contributed by atoms with Gasteiger partial charge in [-0.15, -0.1) is 0 Å². The van der Waals surface area contributed by atoms with Gasteiger partial charge in [-0.3, -0.25) is 4.79 Å². The molecule has 1 atom stereocenters. The highest BCUT2D eigenvalue weighted by Gasteiger charge is 2.14. The summed E-state index contributed by atoms with van der Waals surface area (Å²) < 4.78 is 9.60. The van der Waals surface area contributed by atoms with Gasteiger partial charge in [0.25, 0.3) is 0 Å². The van der Waals surface area contributed by atoms with Gasteiger partial charge in [0.05, 0.1) is 11.8 Å². The van der Waals surface area contributed by atoms with Crippen molar-refractivity contribution in [2.24, 2.45) is 0 Å². The molecule has 0 radical (unpaired) electrons. The standard InChI is InChI=1S/C8H10O3/c1-6(10-2)8(9)7-3-4-11-5-7/h3-6H,1-2H3. The average molecular weight is 154 g/mol. The maximum atomic E-state index is 11.3. The zero-order valence-corrected chi connectivity index (χ0v) is 6.53. The molecular weight excluding hydrogens is 144 g/mol. The molecule has 0 aliphatic heterocycles. The van der Waals surface area contributed by atoms with Gasteiger partial charge in [0, 0.05) is 7.11 Å². The molecule has 1 heterocycles. The number of ether oxygens (including phenoxy) is 1. The van der Waals surface area contributed by atoms with Crippen LogP contribution < -0.4 is 0 Å². The van der Waals surface area contributed by atoms with Crippen LogP contribution >= 0.6 is 0 Å². The molecule has 11 heavy (non-hydrogen) atoms. The summed E-state index contributed by atoms with van der Waals surface area (Å²) in [6, 6.07) is 1.62. The Morgan fingerprint density at radius 2 is 2.45 bits per heavy atom. The maximum absolute atomic E-state index is 11.3. The second-order valence-corrected chi connectivity index (χ2v) is 2.25. The monoisotopic (exact) mass is 154 g/mol. The molecule has 3 nitrogen and oxygen atoms in total. The first-order valence-corrected chi connectivity index (χ1v) is 3.35. The van der Waals surface area contributed by atoms with Gasteiger partial charge in [0.1, 0.15) is 12.4 Å². The van der Waals surface area contributed by atoms with E-state index >= 15 is 0 Å². The van der Waals surface area contributed by atoms with Gasteiger partial charge in [-0.25, -0.2) is 0 Å². The molecule has 0 N–H and O–H groups in total. The summed E-state index contributed by atoms with van der Waals surface area (Å²) >= 11 is 0. The van der Waals surface area contributed by atoms with Crippen molar-refractivity contribution in [1.29, 1.82) is 0 Å². The molecular formula is C8H10O3. The summed E-state index contributed by atoms with van der Waals surface area (Å²) in [4.78, 5) is 11.3. The van der Waals surface area contributed by atoms with Crippen molar-refractivity contribution in [2.75, 3.05) is 7.11 Å². The fraction of sp³-hybridized carbons (Fsp3) is 0.375. The van der Waals surface area contributed by atoms with Gasteiger partial charge in [0.15, 0.2) is 5.78 Å². The SMILES string of the molecule is COC(C)C(=O)c1ccoc1. The van der Waals surface area contributed by atoms with E-state index in [-0.39, 0.29) is 5.78 Å². The third-order valence-corrected chi connectivity index (χ3v) is 1.53. The lowest BCUT2D eigenvalue weighted by Crippen LogP contribution is -2.18. The Kier molecular flexibility index (Phi) is 2.44.